The van der Waals surface area contributed by atoms with Gasteiger partial charge in [-0.05, 0) is 58.0 Å². The molecule has 0 aliphatic carbocycles. The highest BCUT2D eigenvalue weighted by Crippen LogP contribution is 2.36. The number of hydrogen-bond acceptors (Lipinski definition) is 8. The highest BCUT2D eigenvalue weighted by atomic mass is 16.5. The van der Waals surface area contributed by atoms with Gasteiger partial charge in [0.25, 0.3) is 5.91 Å². The average molecular weight is 422 g/mol. The van der Waals surface area contributed by atoms with E-state index in [2.05, 4.69) is 32.9 Å². The lowest BCUT2D eigenvalue weighted by Crippen LogP contribution is -2.45. The predicted octanol–water partition coefficient (Wildman–Crippen LogP) is 3.26. The molecule has 1 saturated heterocycles. The summed E-state index contributed by atoms with van der Waals surface area (Å²) in [6.07, 6.45) is 3.73. The SMILES string of the molecule is CN(c1nc(Nc2ccc3c(c2)NC(=O)C(C)(C)O3)nc2ccoc12)C1CCNCC1. The van der Waals surface area contributed by atoms with Crippen molar-refractivity contribution < 1.29 is 13.9 Å². The van der Waals surface area contributed by atoms with E-state index < -0.39 is 5.60 Å². The quantitative estimate of drug-likeness (QED) is 0.589. The Hall–Kier alpha value is -3.33. The zero-order valence-electron chi connectivity index (χ0n) is 17.9. The van der Waals surface area contributed by atoms with Crippen LogP contribution in [0.2, 0.25) is 0 Å². The lowest BCUT2D eigenvalue weighted by atomic mass is 10.1. The summed E-state index contributed by atoms with van der Waals surface area (Å²) in [5.41, 5.74) is 1.89. The zero-order chi connectivity index (χ0) is 21.6. The van der Waals surface area contributed by atoms with Gasteiger partial charge in [0, 0.05) is 24.8 Å². The Bertz CT molecular complexity index is 1140. The van der Waals surface area contributed by atoms with Crippen LogP contribution in [-0.4, -0.2) is 47.7 Å². The maximum Gasteiger partial charge on any atom is 0.268 e. The van der Waals surface area contributed by atoms with Crippen molar-refractivity contribution >= 4 is 40.1 Å². The van der Waals surface area contributed by atoms with Gasteiger partial charge in [0.2, 0.25) is 5.95 Å². The van der Waals surface area contributed by atoms with Crippen LogP contribution >= 0.6 is 0 Å². The highest BCUT2D eigenvalue weighted by molar-refractivity contribution is 6.00. The molecule has 2 aliphatic heterocycles. The molecule has 1 amide bonds. The predicted molar refractivity (Wildman–Crippen MR) is 119 cm³/mol. The minimum absolute atomic E-state index is 0.181. The summed E-state index contributed by atoms with van der Waals surface area (Å²) in [7, 11) is 2.05. The Balaban J connectivity index is 1.45. The largest absolute Gasteiger partial charge is 0.476 e. The number of carbonyl (C=O) groups is 1. The molecule has 31 heavy (non-hydrogen) atoms. The summed E-state index contributed by atoms with van der Waals surface area (Å²) >= 11 is 0. The summed E-state index contributed by atoms with van der Waals surface area (Å²) in [5.74, 6) is 1.68. The molecule has 1 aromatic carbocycles. The standard InChI is InChI=1S/C22H26N6O3/c1-22(2)20(29)25-16-12-13(4-5-17(16)31-22)24-21-26-15-8-11-30-18(15)19(27-21)28(3)14-6-9-23-10-7-14/h4-5,8,11-12,14,23H,6-7,9-10H2,1-3H3,(H,25,29)(H,24,26,27). The molecule has 2 aromatic heterocycles. The number of piperidine rings is 1. The lowest BCUT2D eigenvalue weighted by molar-refractivity contribution is -0.129. The van der Waals surface area contributed by atoms with Crippen LogP contribution in [0.4, 0.5) is 23.1 Å². The van der Waals surface area contributed by atoms with Crippen molar-refractivity contribution in [2.24, 2.45) is 0 Å². The summed E-state index contributed by atoms with van der Waals surface area (Å²) in [6.45, 7) is 5.47. The maximum atomic E-state index is 12.2. The van der Waals surface area contributed by atoms with Crippen molar-refractivity contribution in [1.29, 1.82) is 0 Å². The number of rotatable bonds is 4. The van der Waals surface area contributed by atoms with Crippen LogP contribution in [0.15, 0.2) is 34.9 Å². The van der Waals surface area contributed by atoms with Crippen molar-refractivity contribution in [3.63, 3.8) is 0 Å². The van der Waals surface area contributed by atoms with Crippen LogP contribution in [0.5, 0.6) is 5.75 Å². The molecule has 9 heteroatoms. The number of fused-ring (bicyclic) bond motifs is 2. The molecule has 0 bridgehead atoms. The van der Waals surface area contributed by atoms with Gasteiger partial charge < -0.3 is 30.0 Å². The molecule has 2 aliphatic rings. The number of nitrogens with zero attached hydrogens (tertiary/aromatic N) is 3. The minimum atomic E-state index is -0.897. The summed E-state index contributed by atoms with van der Waals surface area (Å²) < 4.78 is 11.5. The zero-order valence-corrected chi connectivity index (χ0v) is 17.9. The Morgan fingerprint density at radius 2 is 2.00 bits per heavy atom. The first kappa shape index (κ1) is 19.6. The Labute approximate surface area is 180 Å². The molecule has 5 rings (SSSR count). The van der Waals surface area contributed by atoms with Crippen LogP contribution in [0.25, 0.3) is 11.1 Å². The number of ether oxygens (including phenoxy) is 1. The smallest absolute Gasteiger partial charge is 0.268 e. The van der Waals surface area contributed by atoms with Crippen molar-refractivity contribution in [2.45, 2.75) is 38.3 Å². The monoisotopic (exact) mass is 422 g/mol. The molecule has 0 radical (unpaired) electrons. The van der Waals surface area contributed by atoms with E-state index in [1.807, 2.05) is 24.3 Å². The fraction of sp³-hybridized carbons (Fsp3) is 0.409. The number of nitrogens with one attached hydrogen (secondary N) is 3. The van der Waals surface area contributed by atoms with Crippen LogP contribution in [0.3, 0.4) is 0 Å². The lowest BCUT2D eigenvalue weighted by Gasteiger charge is -2.32. The van der Waals surface area contributed by atoms with E-state index in [1.165, 1.54) is 0 Å². The van der Waals surface area contributed by atoms with E-state index in [9.17, 15) is 4.79 Å². The van der Waals surface area contributed by atoms with Gasteiger partial charge in [0.15, 0.2) is 17.0 Å². The molecule has 162 valence electrons. The minimum Gasteiger partial charge on any atom is -0.476 e. The average Bonchev–Trinajstić information content (AvgIpc) is 3.23. The fourth-order valence-electron chi connectivity index (χ4n) is 4.03. The van der Waals surface area contributed by atoms with Gasteiger partial charge in [-0.3, -0.25) is 4.79 Å². The first-order valence-electron chi connectivity index (χ1n) is 10.5. The van der Waals surface area contributed by atoms with Crippen molar-refractivity contribution in [1.82, 2.24) is 15.3 Å². The topological polar surface area (TPSA) is 105 Å². The Morgan fingerprint density at radius 1 is 1.19 bits per heavy atom. The van der Waals surface area contributed by atoms with Gasteiger partial charge in [-0.1, -0.05) is 0 Å². The van der Waals surface area contributed by atoms with Gasteiger partial charge in [-0.15, -0.1) is 0 Å². The number of hydrogen-bond donors (Lipinski definition) is 3. The third-order valence-corrected chi connectivity index (χ3v) is 5.87. The summed E-state index contributed by atoms with van der Waals surface area (Å²) in [6, 6.07) is 7.76. The molecule has 0 atom stereocenters. The molecule has 0 unspecified atom stereocenters. The number of benzene rings is 1. The molecule has 0 saturated carbocycles. The van der Waals surface area contributed by atoms with E-state index in [0.29, 0.717) is 29.0 Å². The Kier molecular flexibility index (Phi) is 4.70. The van der Waals surface area contributed by atoms with E-state index in [1.54, 1.807) is 20.1 Å². The number of furan rings is 1. The normalized spacial score (nSPS) is 18.2. The maximum absolute atomic E-state index is 12.2. The second kappa shape index (κ2) is 7.42. The van der Waals surface area contributed by atoms with Gasteiger partial charge in [-0.25, -0.2) is 4.98 Å². The molecule has 3 N–H and O–H groups in total. The van der Waals surface area contributed by atoms with Gasteiger partial charge in [-0.2, -0.15) is 4.98 Å². The number of carbonyl (C=O) groups excluding carboxylic acids is 1. The van der Waals surface area contributed by atoms with Crippen molar-refractivity contribution in [2.75, 3.05) is 35.7 Å². The fourth-order valence-corrected chi connectivity index (χ4v) is 4.03. The van der Waals surface area contributed by atoms with Gasteiger partial charge in [0.1, 0.15) is 11.3 Å². The summed E-state index contributed by atoms with van der Waals surface area (Å²) in [5, 5.41) is 9.56. The molecular formula is C22H26N6O3. The molecule has 0 spiro atoms. The van der Waals surface area contributed by atoms with Crippen molar-refractivity contribution in [3.05, 3.63) is 30.5 Å². The van der Waals surface area contributed by atoms with Crippen LogP contribution in [-0.2, 0) is 4.79 Å². The van der Waals surface area contributed by atoms with Crippen LogP contribution < -0.4 is 25.6 Å². The first-order chi connectivity index (χ1) is 14.9. The van der Waals surface area contributed by atoms with E-state index >= 15 is 0 Å². The van der Waals surface area contributed by atoms with E-state index in [0.717, 1.165) is 43.0 Å². The van der Waals surface area contributed by atoms with E-state index in [-0.39, 0.29) is 5.91 Å². The number of aromatic nitrogens is 2. The molecule has 9 nitrogen and oxygen atoms in total. The Morgan fingerprint density at radius 3 is 2.81 bits per heavy atom. The molecular weight excluding hydrogens is 396 g/mol. The second-order valence-electron chi connectivity index (χ2n) is 8.50. The molecule has 4 heterocycles. The van der Waals surface area contributed by atoms with Gasteiger partial charge in [0.05, 0.1) is 12.0 Å². The second-order valence-corrected chi connectivity index (χ2v) is 8.50. The third kappa shape index (κ3) is 3.65. The van der Waals surface area contributed by atoms with Crippen LogP contribution in [0, 0.1) is 0 Å². The molecule has 3 aromatic rings. The van der Waals surface area contributed by atoms with Crippen molar-refractivity contribution in [3.8, 4) is 5.75 Å². The van der Waals surface area contributed by atoms with E-state index in [4.69, 9.17) is 14.1 Å². The number of anilines is 4. The molecule has 1 fully saturated rings. The van der Waals surface area contributed by atoms with Gasteiger partial charge >= 0.3 is 0 Å². The highest BCUT2D eigenvalue weighted by Gasteiger charge is 2.35. The number of amides is 1. The van der Waals surface area contributed by atoms with Crippen LogP contribution in [0.1, 0.15) is 26.7 Å². The third-order valence-electron chi connectivity index (χ3n) is 5.87. The summed E-state index contributed by atoms with van der Waals surface area (Å²) in [4.78, 5) is 23.8. The first-order valence-corrected chi connectivity index (χ1v) is 10.5.